The molecule has 0 aromatic heterocycles. The maximum absolute atomic E-state index is 5.72. The van der Waals surface area contributed by atoms with Gasteiger partial charge in [-0.3, -0.25) is 0 Å². The lowest BCUT2D eigenvalue weighted by atomic mass is 10.4. The number of hydrogen-bond donors (Lipinski definition) is 0. The van der Waals surface area contributed by atoms with Crippen molar-refractivity contribution in [2.75, 3.05) is 26.9 Å². The fraction of sp³-hybridized carbons (Fsp3) is 0.100. The molecule has 0 radical (unpaired) electrons. The summed E-state index contributed by atoms with van der Waals surface area (Å²) in [6, 6.07) is 64.6. The Labute approximate surface area is 288 Å². The highest BCUT2D eigenvalue weighted by Gasteiger charge is 2.46. The zero-order valence-electron chi connectivity index (χ0n) is 26.2. The maximum Gasteiger partial charge on any atom is 0.170 e. The smallest absolute Gasteiger partial charge is 0.170 e. The first-order valence-electron chi connectivity index (χ1n) is 14.8. The number of benzene rings is 6. The highest BCUT2D eigenvalue weighted by molar-refractivity contribution is 7.96. The molecule has 0 saturated heterocycles. The summed E-state index contributed by atoms with van der Waals surface area (Å²) in [5.74, 6) is 0. The number of halogens is 2. The Balaban J connectivity index is 0.000000240. The predicted molar refractivity (Wildman–Crippen MR) is 194 cm³/mol. The largest absolute Gasteiger partial charge is 1.00 e. The van der Waals surface area contributed by atoms with Gasteiger partial charge in [-0.1, -0.05) is 109 Å². The first kappa shape index (κ1) is 37.1. The highest BCUT2D eigenvalue weighted by atomic mass is 35.5. The number of rotatable bonds is 10. The summed E-state index contributed by atoms with van der Waals surface area (Å²) in [6.45, 7) is 0. The van der Waals surface area contributed by atoms with Crippen molar-refractivity contribution in [1.29, 1.82) is 0 Å². The van der Waals surface area contributed by atoms with Gasteiger partial charge in [0.15, 0.2) is 12.7 Å². The van der Waals surface area contributed by atoms with E-state index in [2.05, 4.69) is 182 Å². The van der Waals surface area contributed by atoms with Crippen LogP contribution in [0.25, 0.3) is 0 Å². The highest BCUT2D eigenvalue weighted by Crippen LogP contribution is 2.56. The van der Waals surface area contributed by atoms with E-state index in [-0.39, 0.29) is 24.8 Å². The molecule has 6 rings (SSSR count). The summed E-state index contributed by atoms with van der Waals surface area (Å²) in [6.07, 6.45) is 1.43. The van der Waals surface area contributed by atoms with Gasteiger partial charge in [-0.2, -0.15) is 0 Å². The van der Waals surface area contributed by atoms with Gasteiger partial charge in [0.25, 0.3) is 0 Å². The molecule has 6 aromatic carbocycles. The van der Waals surface area contributed by atoms with Crippen LogP contribution in [0.3, 0.4) is 0 Å². The van der Waals surface area contributed by atoms with Crippen LogP contribution in [0.1, 0.15) is 0 Å². The molecular weight excluding hydrogens is 645 g/mol. The minimum Gasteiger partial charge on any atom is -1.00 e. The average Bonchev–Trinajstić information content (AvgIpc) is 3.12. The van der Waals surface area contributed by atoms with Crippen molar-refractivity contribution in [1.82, 2.24) is 0 Å². The van der Waals surface area contributed by atoms with Crippen LogP contribution >= 0.6 is 14.5 Å². The van der Waals surface area contributed by atoms with Crippen molar-refractivity contribution in [3.05, 3.63) is 182 Å². The Bertz CT molecular complexity index is 1340. The van der Waals surface area contributed by atoms with Crippen molar-refractivity contribution in [2.24, 2.45) is 0 Å². The van der Waals surface area contributed by atoms with Crippen LogP contribution in [-0.2, 0) is 9.47 Å². The Hall–Kier alpha value is -3.32. The molecule has 6 aromatic rings. The molecule has 0 heterocycles. The third kappa shape index (κ3) is 8.14. The van der Waals surface area contributed by atoms with Gasteiger partial charge in [-0.05, 0) is 72.8 Å². The fourth-order valence-corrected chi connectivity index (χ4v) is 13.4. The van der Waals surface area contributed by atoms with Gasteiger partial charge in [0, 0.05) is 14.2 Å². The van der Waals surface area contributed by atoms with E-state index in [1.807, 2.05) is 0 Å². The van der Waals surface area contributed by atoms with Crippen molar-refractivity contribution < 1.29 is 34.3 Å². The molecule has 0 bridgehead atoms. The standard InChI is InChI=1S/2C20H20OP.2ClH/c2*1-21-17-22(18-11-5-2-6-12-18,19-13-7-3-8-14-19)20-15-9-4-10-16-20;;/h2*2-16H,17H2,1H3;2*1H/q2*+1;;/p-2. The zero-order valence-corrected chi connectivity index (χ0v) is 29.5. The first-order chi connectivity index (χ1) is 21.8. The average molecular weight is 686 g/mol. The van der Waals surface area contributed by atoms with Gasteiger partial charge in [0.2, 0.25) is 0 Å². The van der Waals surface area contributed by atoms with Gasteiger partial charge < -0.3 is 34.3 Å². The molecule has 236 valence electrons. The van der Waals surface area contributed by atoms with E-state index >= 15 is 0 Å². The van der Waals surface area contributed by atoms with Crippen molar-refractivity contribution in [2.45, 2.75) is 0 Å². The molecule has 2 nitrogen and oxygen atoms in total. The van der Waals surface area contributed by atoms with Gasteiger partial charge in [-0.25, -0.2) is 0 Å². The quantitative estimate of drug-likeness (QED) is 0.202. The van der Waals surface area contributed by atoms with E-state index in [0.717, 1.165) is 0 Å². The van der Waals surface area contributed by atoms with E-state index < -0.39 is 14.5 Å². The van der Waals surface area contributed by atoms with Crippen molar-refractivity contribution in [3.63, 3.8) is 0 Å². The topological polar surface area (TPSA) is 18.5 Å². The van der Waals surface area contributed by atoms with Gasteiger partial charge >= 0.3 is 0 Å². The van der Waals surface area contributed by atoms with Crippen LogP contribution in [0.5, 0.6) is 0 Å². The van der Waals surface area contributed by atoms with E-state index in [1.54, 1.807) is 14.2 Å². The lowest BCUT2D eigenvalue weighted by molar-refractivity contribution is -0.00100. The fourth-order valence-electron chi connectivity index (χ4n) is 5.82. The van der Waals surface area contributed by atoms with E-state index in [0.29, 0.717) is 12.7 Å². The predicted octanol–water partition coefficient (Wildman–Crippen LogP) is 1.18. The summed E-state index contributed by atoms with van der Waals surface area (Å²) in [7, 11) is 0.0395. The van der Waals surface area contributed by atoms with Crippen molar-refractivity contribution in [3.8, 4) is 0 Å². The molecule has 0 saturated carbocycles. The van der Waals surface area contributed by atoms with Crippen LogP contribution in [0.2, 0.25) is 0 Å². The van der Waals surface area contributed by atoms with Gasteiger partial charge in [0.1, 0.15) is 46.4 Å². The van der Waals surface area contributed by atoms with E-state index in [4.69, 9.17) is 9.47 Å². The molecular formula is C40H40Cl2O2P2. The molecule has 0 spiro atoms. The Morgan fingerprint density at radius 3 is 0.587 bits per heavy atom. The minimum absolute atomic E-state index is 0. The first-order valence-corrected chi connectivity index (χ1v) is 18.8. The Morgan fingerprint density at radius 1 is 0.304 bits per heavy atom. The van der Waals surface area contributed by atoms with Crippen molar-refractivity contribution >= 4 is 46.4 Å². The Morgan fingerprint density at radius 2 is 0.457 bits per heavy atom. The summed E-state index contributed by atoms with van der Waals surface area (Å²) >= 11 is 0. The molecule has 6 heteroatoms. The number of ether oxygens (including phenoxy) is 2. The molecule has 0 unspecified atom stereocenters. The van der Waals surface area contributed by atoms with E-state index in [9.17, 15) is 0 Å². The lowest BCUT2D eigenvalue weighted by Gasteiger charge is -2.26. The third-order valence-corrected chi connectivity index (χ3v) is 16.2. The molecule has 0 fully saturated rings. The SMILES string of the molecule is COC[P+](c1ccccc1)(c1ccccc1)c1ccccc1.COC[P+](c1ccccc1)(c1ccccc1)c1ccccc1.[Cl-].[Cl-]. The van der Waals surface area contributed by atoms with Crippen LogP contribution in [0.4, 0.5) is 0 Å². The van der Waals surface area contributed by atoms with Gasteiger partial charge in [-0.15, -0.1) is 0 Å². The number of methoxy groups -OCH3 is 2. The molecule has 0 N–H and O–H groups in total. The van der Waals surface area contributed by atoms with Crippen LogP contribution in [0, 0.1) is 0 Å². The lowest BCUT2D eigenvalue weighted by Crippen LogP contribution is -3.00. The zero-order chi connectivity index (χ0) is 30.5. The van der Waals surface area contributed by atoms with Crippen LogP contribution in [-0.4, -0.2) is 26.9 Å². The molecule has 0 aliphatic heterocycles. The maximum atomic E-state index is 5.72. The van der Waals surface area contributed by atoms with Gasteiger partial charge in [0.05, 0.1) is 0 Å². The summed E-state index contributed by atoms with van der Waals surface area (Å²) in [4.78, 5) is 0. The second-order valence-electron chi connectivity index (χ2n) is 10.5. The molecule has 46 heavy (non-hydrogen) atoms. The third-order valence-electron chi connectivity index (χ3n) is 7.83. The molecule has 0 atom stereocenters. The molecule has 0 aliphatic rings. The molecule has 0 aliphatic carbocycles. The summed E-state index contributed by atoms with van der Waals surface area (Å²) in [5.41, 5.74) is 0. The second kappa shape index (κ2) is 18.7. The second-order valence-corrected chi connectivity index (χ2v) is 17.3. The summed E-state index contributed by atoms with van der Waals surface area (Å²) in [5, 5.41) is 8.13. The van der Waals surface area contributed by atoms with E-state index in [1.165, 1.54) is 31.8 Å². The number of hydrogen-bond acceptors (Lipinski definition) is 2. The van der Waals surface area contributed by atoms with Crippen LogP contribution in [0.15, 0.2) is 182 Å². The Kier molecular flexibility index (Phi) is 15.1. The van der Waals surface area contributed by atoms with Crippen LogP contribution < -0.4 is 56.6 Å². The monoisotopic (exact) mass is 684 g/mol. The molecule has 0 amide bonds. The summed E-state index contributed by atoms with van der Waals surface area (Å²) < 4.78 is 11.4. The minimum atomic E-state index is -1.78. The normalized spacial score (nSPS) is 10.8.